The molecule has 0 spiro atoms. The summed E-state index contributed by atoms with van der Waals surface area (Å²) >= 11 is 0. The van der Waals surface area contributed by atoms with Crippen molar-refractivity contribution in [2.24, 2.45) is 0 Å². The summed E-state index contributed by atoms with van der Waals surface area (Å²) in [7, 11) is -4.37. The Kier molecular flexibility index (Phi) is 1.57. The summed E-state index contributed by atoms with van der Waals surface area (Å²) in [5.41, 5.74) is 0.834. The molecular weight excluding hydrogens is 194 g/mol. The van der Waals surface area contributed by atoms with E-state index in [2.05, 4.69) is 10.2 Å². The van der Waals surface area contributed by atoms with E-state index in [0.29, 0.717) is 11.0 Å². The van der Waals surface area contributed by atoms with Gasteiger partial charge in [-0.15, -0.1) is 10.2 Å². The summed E-state index contributed by atoms with van der Waals surface area (Å²) in [6.45, 7) is 0. The first kappa shape index (κ1) is 8.14. The second kappa shape index (κ2) is 2.51. The maximum atomic E-state index is 10.6. The van der Waals surface area contributed by atoms with E-state index in [4.69, 9.17) is 4.55 Å². The zero-order chi connectivity index (χ0) is 9.47. The van der Waals surface area contributed by atoms with Crippen molar-refractivity contribution >= 4 is 21.3 Å². The van der Waals surface area contributed by atoms with Gasteiger partial charge < -0.3 is 0 Å². The normalized spacial score (nSPS) is 12.1. The van der Waals surface area contributed by atoms with Gasteiger partial charge in [-0.3, -0.25) is 4.55 Å². The van der Waals surface area contributed by atoms with Gasteiger partial charge in [-0.05, 0) is 16.3 Å². The SMILES string of the molecule is O=S(=O)(O)n1nc2ccccc2n1. The second-order valence-corrected chi connectivity index (χ2v) is 3.61. The van der Waals surface area contributed by atoms with Crippen LogP contribution in [0.15, 0.2) is 24.3 Å². The van der Waals surface area contributed by atoms with Gasteiger partial charge in [0.2, 0.25) is 0 Å². The van der Waals surface area contributed by atoms with Gasteiger partial charge in [-0.2, -0.15) is 8.42 Å². The maximum absolute atomic E-state index is 10.6. The molecule has 0 unspecified atom stereocenters. The molecule has 0 saturated carbocycles. The molecule has 0 aliphatic carbocycles. The standard InChI is InChI=1S/C6H5N3O3S/c10-13(11,12)9-7-5-3-1-2-4-6(5)8-9/h1-4H,(H,10,11,12). The second-order valence-electron chi connectivity index (χ2n) is 2.39. The van der Waals surface area contributed by atoms with Crippen LogP contribution >= 0.6 is 0 Å². The first-order valence-electron chi connectivity index (χ1n) is 3.37. The van der Waals surface area contributed by atoms with Crippen LogP contribution in [-0.2, 0) is 10.3 Å². The highest BCUT2D eigenvalue weighted by Crippen LogP contribution is 2.07. The molecule has 68 valence electrons. The predicted octanol–water partition coefficient (Wildman–Crippen LogP) is 0.0822. The molecule has 2 rings (SSSR count). The van der Waals surface area contributed by atoms with Crippen LogP contribution in [0.25, 0.3) is 11.0 Å². The van der Waals surface area contributed by atoms with Crippen LogP contribution < -0.4 is 0 Å². The number of benzene rings is 1. The monoisotopic (exact) mass is 199 g/mol. The van der Waals surface area contributed by atoms with Crippen molar-refractivity contribution in [2.75, 3.05) is 0 Å². The van der Waals surface area contributed by atoms with Gasteiger partial charge in [0.15, 0.2) is 0 Å². The van der Waals surface area contributed by atoms with Crippen molar-refractivity contribution < 1.29 is 13.0 Å². The summed E-state index contributed by atoms with van der Waals surface area (Å²) < 4.78 is 30.1. The highest BCUT2D eigenvalue weighted by molar-refractivity contribution is 7.84. The average Bonchev–Trinajstić information content (AvgIpc) is 2.45. The summed E-state index contributed by atoms with van der Waals surface area (Å²) in [4.78, 5) is 0. The van der Waals surface area contributed by atoms with Crippen molar-refractivity contribution in [1.29, 1.82) is 0 Å². The smallest absolute Gasteiger partial charge is 0.267 e. The lowest BCUT2D eigenvalue weighted by Gasteiger charge is -1.88. The number of aromatic nitrogens is 3. The molecule has 0 atom stereocenters. The Morgan fingerprint density at radius 1 is 1.15 bits per heavy atom. The quantitative estimate of drug-likeness (QED) is 0.657. The van der Waals surface area contributed by atoms with Crippen LogP contribution in [0.5, 0.6) is 0 Å². The third kappa shape index (κ3) is 1.38. The van der Waals surface area contributed by atoms with Crippen LogP contribution in [-0.4, -0.2) is 27.4 Å². The predicted molar refractivity (Wildman–Crippen MR) is 44.5 cm³/mol. The van der Waals surface area contributed by atoms with E-state index < -0.39 is 10.3 Å². The molecule has 1 aromatic carbocycles. The van der Waals surface area contributed by atoms with Gasteiger partial charge in [0.25, 0.3) is 0 Å². The number of rotatable bonds is 1. The van der Waals surface area contributed by atoms with Gasteiger partial charge in [-0.25, -0.2) is 0 Å². The minimum atomic E-state index is -4.37. The van der Waals surface area contributed by atoms with E-state index in [1.165, 1.54) is 0 Å². The fourth-order valence-electron chi connectivity index (χ4n) is 0.943. The Labute approximate surface area is 73.7 Å². The molecule has 1 N–H and O–H groups in total. The van der Waals surface area contributed by atoms with E-state index >= 15 is 0 Å². The van der Waals surface area contributed by atoms with Gasteiger partial charge in [0, 0.05) is 0 Å². The Bertz CT molecular complexity index is 512. The molecule has 0 fully saturated rings. The molecule has 7 heteroatoms. The van der Waals surface area contributed by atoms with Gasteiger partial charge >= 0.3 is 10.3 Å². The fourth-order valence-corrected chi connectivity index (χ4v) is 1.33. The molecule has 0 amide bonds. The van der Waals surface area contributed by atoms with Crippen LogP contribution in [0.3, 0.4) is 0 Å². The highest BCUT2D eigenvalue weighted by Gasteiger charge is 2.11. The molecule has 1 heterocycles. The van der Waals surface area contributed by atoms with Gasteiger partial charge in [0.1, 0.15) is 11.0 Å². The molecule has 6 nitrogen and oxygen atoms in total. The maximum Gasteiger partial charge on any atom is 0.395 e. The van der Waals surface area contributed by atoms with E-state index in [0.717, 1.165) is 0 Å². The Hall–Kier alpha value is -1.47. The molecule has 1 aromatic heterocycles. The lowest BCUT2D eigenvalue weighted by Crippen LogP contribution is -2.13. The number of fused-ring (bicyclic) bond motifs is 1. The van der Waals surface area contributed by atoms with Crippen LogP contribution in [0.4, 0.5) is 0 Å². The lowest BCUT2D eigenvalue weighted by atomic mass is 10.3. The molecule has 2 aromatic rings. The largest absolute Gasteiger partial charge is 0.395 e. The fraction of sp³-hybridized carbons (Fsp3) is 0. The minimum Gasteiger partial charge on any atom is -0.267 e. The molecule has 0 bridgehead atoms. The Balaban J connectivity index is 2.77. The van der Waals surface area contributed by atoms with Gasteiger partial charge in [0.05, 0.1) is 0 Å². The average molecular weight is 199 g/mol. The number of hydrogen-bond donors (Lipinski definition) is 1. The summed E-state index contributed by atoms with van der Waals surface area (Å²) in [5.74, 6) is 0. The molecular formula is C6H5N3O3S. The topological polar surface area (TPSA) is 85.1 Å². The molecule has 0 saturated heterocycles. The number of hydrogen-bond acceptors (Lipinski definition) is 4. The summed E-state index contributed by atoms with van der Waals surface area (Å²) in [6.07, 6.45) is 0. The van der Waals surface area contributed by atoms with Crippen LogP contribution in [0, 0.1) is 0 Å². The molecule has 0 aliphatic heterocycles. The minimum absolute atomic E-state index is 0.289. The van der Waals surface area contributed by atoms with Crippen molar-refractivity contribution in [1.82, 2.24) is 14.4 Å². The zero-order valence-corrected chi connectivity index (χ0v) is 7.14. The van der Waals surface area contributed by atoms with Gasteiger partial charge in [-0.1, -0.05) is 12.1 Å². The molecule has 0 radical (unpaired) electrons. The van der Waals surface area contributed by atoms with Crippen molar-refractivity contribution in [3.8, 4) is 0 Å². The number of nitrogens with zero attached hydrogens (tertiary/aromatic N) is 3. The zero-order valence-electron chi connectivity index (χ0n) is 6.32. The van der Waals surface area contributed by atoms with E-state index in [-0.39, 0.29) is 4.20 Å². The summed E-state index contributed by atoms with van der Waals surface area (Å²) in [5, 5.41) is 7.10. The van der Waals surface area contributed by atoms with Crippen molar-refractivity contribution in [3.05, 3.63) is 24.3 Å². The Morgan fingerprint density at radius 3 is 2.00 bits per heavy atom. The van der Waals surface area contributed by atoms with E-state index in [1.54, 1.807) is 24.3 Å². The van der Waals surface area contributed by atoms with E-state index in [9.17, 15) is 8.42 Å². The first-order valence-corrected chi connectivity index (χ1v) is 4.77. The van der Waals surface area contributed by atoms with Crippen molar-refractivity contribution in [3.63, 3.8) is 0 Å². The lowest BCUT2D eigenvalue weighted by molar-refractivity contribution is 0.457. The first-order chi connectivity index (χ1) is 6.07. The van der Waals surface area contributed by atoms with E-state index in [1.807, 2.05) is 0 Å². The highest BCUT2D eigenvalue weighted by atomic mass is 32.2. The third-order valence-electron chi connectivity index (χ3n) is 1.47. The molecule has 0 aliphatic rings. The third-order valence-corrected chi connectivity index (χ3v) is 2.05. The summed E-state index contributed by atoms with van der Waals surface area (Å²) in [6, 6.07) is 6.60. The van der Waals surface area contributed by atoms with Crippen molar-refractivity contribution in [2.45, 2.75) is 0 Å². The van der Waals surface area contributed by atoms with Crippen LogP contribution in [0.1, 0.15) is 0 Å². The molecule has 13 heavy (non-hydrogen) atoms. The Morgan fingerprint density at radius 2 is 1.62 bits per heavy atom. The van der Waals surface area contributed by atoms with Crippen LogP contribution in [0.2, 0.25) is 0 Å².